The summed E-state index contributed by atoms with van der Waals surface area (Å²) >= 11 is 0. The van der Waals surface area contributed by atoms with Crippen molar-refractivity contribution in [2.24, 2.45) is 11.7 Å². The Morgan fingerprint density at radius 3 is 2.65 bits per heavy atom. The summed E-state index contributed by atoms with van der Waals surface area (Å²) in [6.07, 6.45) is 10.6. The van der Waals surface area contributed by atoms with E-state index in [9.17, 15) is 4.79 Å². The molecular formula is C27H32ClN5O. The van der Waals surface area contributed by atoms with Gasteiger partial charge in [-0.1, -0.05) is 12.5 Å². The predicted molar refractivity (Wildman–Crippen MR) is 140 cm³/mol. The van der Waals surface area contributed by atoms with E-state index in [4.69, 9.17) is 10.7 Å². The van der Waals surface area contributed by atoms with Crippen LogP contribution < -0.4 is 16.0 Å². The maximum Gasteiger partial charge on any atom is 0.228 e. The van der Waals surface area contributed by atoms with Crippen LogP contribution in [0.4, 0.5) is 11.5 Å². The summed E-state index contributed by atoms with van der Waals surface area (Å²) in [6, 6.07) is 10.8. The quantitative estimate of drug-likeness (QED) is 0.523. The smallest absolute Gasteiger partial charge is 0.228 e. The van der Waals surface area contributed by atoms with Gasteiger partial charge in [-0.3, -0.25) is 9.78 Å². The molecule has 3 aliphatic rings. The monoisotopic (exact) mass is 477 g/mol. The van der Waals surface area contributed by atoms with Gasteiger partial charge in [-0.2, -0.15) is 0 Å². The van der Waals surface area contributed by atoms with E-state index in [-0.39, 0.29) is 30.3 Å². The Hall–Kier alpha value is -2.70. The summed E-state index contributed by atoms with van der Waals surface area (Å²) in [5.41, 5.74) is 13.6. The van der Waals surface area contributed by atoms with Crippen LogP contribution in [0.2, 0.25) is 0 Å². The summed E-state index contributed by atoms with van der Waals surface area (Å²) in [5.74, 6) is 0.861. The Morgan fingerprint density at radius 1 is 1.03 bits per heavy atom. The molecule has 1 saturated heterocycles. The number of pyridine rings is 2. The number of aromatic nitrogens is 2. The van der Waals surface area contributed by atoms with Gasteiger partial charge in [0.25, 0.3) is 0 Å². The Kier molecular flexibility index (Phi) is 6.45. The summed E-state index contributed by atoms with van der Waals surface area (Å²) in [6.45, 7) is 1.91. The number of hydrogen-bond donors (Lipinski definition) is 2. The Balaban J connectivity index is 0.00000241. The molecule has 34 heavy (non-hydrogen) atoms. The first-order chi connectivity index (χ1) is 16.2. The summed E-state index contributed by atoms with van der Waals surface area (Å²) in [4.78, 5) is 24.2. The predicted octanol–water partition coefficient (Wildman–Crippen LogP) is 4.87. The third-order valence-electron chi connectivity index (χ3n) is 7.32. The summed E-state index contributed by atoms with van der Waals surface area (Å²) < 4.78 is 0. The zero-order valence-electron chi connectivity index (χ0n) is 19.4. The number of carbonyl (C=O) groups is 1. The van der Waals surface area contributed by atoms with Gasteiger partial charge >= 0.3 is 0 Å². The third-order valence-corrected chi connectivity index (χ3v) is 7.32. The minimum absolute atomic E-state index is 0. The molecule has 6 nitrogen and oxygen atoms in total. The summed E-state index contributed by atoms with van der Waals surface area (Å²) in [7, 11) is 0. The largest absolute Gasteiger partial charge is 0.369 e. The van der Waals surface area contributed by atoms with Crippen molar-refractivity contribution in [3.63, 3.8) is 0 Å². The van der Waals surface area contributed by atoms with Gasteiger partial charge in [0, 0.05) is 42.3 Å². The molecule has 1 aromatic carbocycles. The molecule has 0 spiro atoms. The number of rotatable bonds is 4. The van der Waals surface area contributed by atoms with Crippen LogP contribution in [0.1, 0.15) is 49.8 Å². The topological polar surface area (TPSA) is 84.1 Å². The fourth-order valence-corrected chi connectivity index (χ4v) is 5.36. The van der Waals surface area contributed by atoms with Crippen LogP contribution in [0.15, 0.2) is 36.5 Å². The average molecular weight is 478 g/mol. The van der Waals surface area contributed by atoms with Crippen LogP contribution in [0.25, 0.3) is 22.0 Å². The number of amides is 1. The zero-order valence-corrected chi connectivity index (χ0v) is 20.2. The SMILES string of the molecule is Cl.N[C@@H]1CCN(c2c3c(nc4ccc(-c5ccnc(NC(=O)C6CC6)c5)cc24)CCCCC3)C1. The Morgan fingerprint density at radius 2 is 1.85 bits per heavy atom. The lowest BCUT2D eigenvalue weighted by Gasteiger charge is -2.25. The normalized spacial score (nSPS) is 19.9. The minimum Gasteiger partial charge on any atom is -0.369 e. The van der Waals surface area contributed by atoms with Crippen molar-refractivity contribution in [2.45, 2.75) is 57.4 Å². The number of carbonyl (C=O) groups excluding carboxylic acids is 1. The standard InChI is InChI=1S/C27H31N5O.ClH/c28-20-11-13-32(16-20)26-21-4-2-1-3-5-23(21)30-24-9-8-18(14-22(24)26)19-10-12-29-25(15-19)31-27(33)17-6-7-17;/h8-10,12,14-15,17,20H,1-7,11,13,16,28H2,(H,29,31,33);1H/t20-;/m1./s1. The molecule has 1 atom stereocenters. The number of nitrogens with two attached hydrogens (primary N) is 1. The highest BCUT2D eigenvalue weighted by Gasteiger charge is 2.30. The van der Waals surface area contributed by atoms with E-state index in [0.29, 0.717) is 5.82 Å². The number of fused-ring (bicyclic) bond motifs is 2. The second kappa shape index (κ2) is 9.51. The molecule has 2 aromatic heterocycles. The van der Waals surface area contributed by atoms with E-state index in [1.807, 2.05) is 12.1 Å². The van der Waals surface area contributed by atoms with Crippen molar-refractivity contribution in [1.29, 1.82) is 0 Å². The number of benzene rings is 1. The van der Waals surface area contributed by atoms with Crippen LogP contribution >= 0.6 is 12.4 Å². The van der Waals surface area contributed by atoms with E-state index in [0.717, 1.165) is 61.8 Å². The second-order valence-corrected chi connectivity index (χ2v) is 9.87. The molecule has 3 N–H and O–H groups in total. The van der Waals surface area contributed by atoms with Gasteiger partial charge in [-0.25, -0.2) is 4.98 Å². The van der Waals surface area contributed by atoms with Gasteiger partial charge in [-0.15, -0.1) is 12.4 Å². The molecule has 1 saturated carbocycles. The van der Waals surface area contributed by atoms with Crippen molar-refractivity contribution in [3.8, 4) is 11.1 Å². The molecule has 1 amide bonds. The summed E-state index contributed by atoms with van der Waals surface area (Å²) in [5, 5.41) is 4.19. The van der Waals surface area contributed by atoms with Crippen molar-refractivity contribution >= 4 is 40.7 Å². The maximum absolute atomic E-state index is 12.2. The zero-order chi connectivity index (χ0) is 22.4. The minimum atomic E-state index is 0. The molecule has 1 aliphatic heterocycles. The molecule has 2 fully saturated rings. The lowest BCUT2D eigenvalue weighted by molar-refractivity contribution is -0.117. The Bertz CT molecular complexity index is 1230. The van der Waals surface area contributed by atoms with Gasteiger partial charge in [0.15, 0.2) is 0 Å². The van der Waals surface area contributed by atoms with Crippen LogP contribution in [0, 0.1) is 5.92 Å². The molecule has 178 valence electrons. The van der Waals surface area contributed by atoms with E-state index in [2.05, 4.69) is 33.4 Å². The number of nitrogens with one attached hydrogen (secondary N) is 1. The van der Waals surface area contributed by atoms with Crippen LogP contribution in [0.5, 0.6) is 0 Å². The van der Waals surface area contributed by atoms with Crippen LogP contribution in [-0.2, 0) is 17.6 Å². The number of aryl methyl sites for hydroxylation is 1. The molecule has 3 heterocycles. The number of halogens is 1. The molecule has 0 unspecified atom stereocenters. The van der Waals surface area contributed by atoms with Crippen LogP contribution in [-0.4, -0.2) is 35.0 Å². The van der Waals surface area contributed by atoms with Gasteiger partial charge in [-0.05, 0) is 85.9 Å². The molecule has 7 heteroatoms. The number of nitrogens with zero attached hydrogens (tertiary/aromatic N) is 3. The maximum atomic E-state index is 12.2. The van der Waals surface area contributed by atoms with Crippen molar-refractivity contribution in [3.05, 3.63) is 47.8 Å². The van der Waals surface area contributed by atoms with Crippen molar-refractivity contribution < 1.29 is 4.79 Å². The average Bonchev–Trinajstić information content (AvgIpc) is 3.62. The van der Waals surface area contributed by atoms with E-state index in [1.165, 1.54) is 41.6 Å². The van der Waals surface area contributed by atoms with Gasteiger partial charge in [0.05, 0.1) is 11.2 Å². The number of hydrogen-bond acceptors (Lipinski definition) is 5. The van der Waals surface area contributed by atoms with Crippen molar-refractivity contribution in [2.75, 3.05) is 23.3 Å². The highest BCUT2D eigenvalue weighted by Crippen LogP contribution is 2.39. The van der Waals surface area contributed by atoms with Gasteiger partial charge in [0.2, 0.25) is 5.91 Å². The van der Waals surface area contributed by atoms with Gasteiger partial charge < -0.3 is 16.0 Å². The van der Waals surface area contributed by atoms with Gasteiger partial charge in [0.1, 0.15) is 5.82 Å². The Labute approximate surface area is 206 Å². The second-order valence-electron chi connectivity index (χ2n) is 9.87. The molecule has 0 radical (unpaired) electrons. The first-order valence-electron chi connectivity index (χ1n) is 12.4. The molecule has 3 aromatic rings. The molecule has 0 bridgehead atoms. The highest BCUT2D eigenvalue weighted by molar-refractivity contribution is 5.98. The first kappa shape index (κ1) is 23.1. The number of anilines is 2. The fourth-order valence-electron chi connectivity index (χ4n) is 5.36. The molecule has 6 rings (SSSR count). The highest BCUT2D eigenvalue weighted by atomic mass is 35.5. The van der Waals surface area contributed by atoms with Crippen molar-refractivity contribution in [1.82, 2.24) is 9.97 Å². The van der Waals surface area contributed by atoms with E-state index in [1.54, 1.807) is 6.20 Å². The third kappa shape index (κ3) is 4.49. The lowest BCUT2D eigenvalue weighted by Crippen LogP contribution is -2.27. The van der Waals surface area contributed by atoms with E-state index >= 15 is 0 Å². The van der Waals surface area contributed by atoms with E-state index < -0.39 is 0 Å². The molecular weight excluding hydrogens is 446 g/mol. The lowest BCUT2D eigenvalue weighted by atomic mass is 9.97. The first-order valence-corrected chi connectivity index (χ1v) is 12.4. The molecule has 2 aliphatic carbocycles. The van der Waals surface area contributed by atoms with Crippen LogP contribution in [0.3, 0.4) is 0 Å². The fraction of sp³-hybridized carbons (Fsp3) is 0.444.